The molecule has 0 bridgehead atoms. The highest BCUT2D eigenvalue weighted by atomic mass is 32.2. The first kappa shape index (κ1) is 11.7. The molecule has 0 fully saturated rings. The number of carbonyl (C=O) groups is 1. The first-order chi connectivity index (χ1) is 7.00. The summed E-state index contributed by atoms with van der Waals surface area (Å²) in [4.78, 5) is 11.3. The van der Waals surface area contributed by atoms with Crippen LogP contribution in [0.4, 0.5) is 0 Å². The molecular formula is C10H12O4S. The Morgan fingerprint density at radius 3 is 2.27 bits per heavy atom. The lowest BCUT2D eigenvalue weighted by Crippen LogP contribution is -2.28. The second-order valence-electron chi connectivity index (χ2n) is 3.02. The standard InChI is InChI=1S/C10H12O4S/c1-8(10(11)14-2)15(12,13)9-6-4-3-5-7-9/h3-8H,1-2H3. The van der Waals surface area contributed by atoms with Crippen LogP contribution in [0, 0.1) is 0 Å². The molecule has 0 aliphatic rings. The van der Waals surface area contributed by atoms with Crippen LogP contribution in [-0.2, 0) is 19.4 Å². The molecule has 0 amide bonds. The lowest BCUT2D eigenvalue weighted by Gasteiger charge is -2.10. The molecule has 1 aromatic carbocycles. The molecule has 0 radical (unpaired) electrons. The maximum Gasteiger partial charge on any atom is 0.324 e. The lowest BCUT2D eigenvalue weighted by atomic mass is 10.4. The van der Waals surface area contributed by atoms with Gasteiger partial charge < -0.3 is 4.74 Å². The summed E-state index contributed by atoms with van der Waals surface area (Å²) in [7, 11) is -2.46. The highest BCUT2D eigenvalue weighted by molar-refractivity contribution is 7.92. The normalized spacial score (nSPS) is 13.2. The van der Waals surface area contributed by atoms with Crippen molar-refractivity contribution in [3.63, 3.8) is 0 Å². The molecule has 1 unspecified atom stereocenters. The second-order valence-corrected chi connectivity index (χ2v) is 5.29. The van der Waals surface area contributed by atoms with Crippen LogP contribution >= 0.6 is 0 Å². The zero-order valence-corrected chi connectivity index (χ0v) is 9.32. The largest absolute Gasteiger partial charge is 0.468 e. The fourth-order valence-electron chi connectivity index (χ4n) is 1.11. The van der Waals surface area contributed by atoms with Gasteiger partial charge in [-0.15, -0.1) is 0 Å². The molecule has 0 aliphatic heterocycles. The number of benzene rings is 1. The van der Waals surface area contributed by atoms with Crippen molar-refractivity contribution in [1.82, 2.24) is 0 Å². The van der Waals surface area contributed by atoms with Gasteiger partial charge >= 0.3 is 5.97 Å². The summed E-state index contributed by atoms with van der Waals surface area (Å²) >= 11 is 0. The van der Waals surface area contributed by atoms with E-state index in [0.717, 1.165) is 0 Å². The van der Waals surface area contributed by atoms with E-state index in [1.165, 1.54) is 26.2 Å². The molecule has 0 spiro atoms. The number of hydrogen-bond donors (Lipinski definition) is 0. The summed E-state index contributed by atoms with van der Waals surface area (Å²) in [6.45, 7) is 1.31. The van der Waals surface area contributed by atoms with Gasteiger partial charge in [0.1, 0.15) is 0 Å². The minimum absolute atomic E-state index is 0.128. The van der Waals surface area contributed by atoms with E-state index in [0.29, 0.717) is 0 Å². The molecule has 0 aromatic heterocycles. The van der Waals surface area contributed by atoms with Crippen LogP contribution in [0.25, 0.3) is 0 Å². The van der Waals surface area contributed by atoms with Gasteiger partial charge in [0.2, 0.25) is 0 Å². The number of esters is 1. The summed E-state index contributed by atoms with van der Waals surface area (Å²) in [6, 6.07) is 7.83. The third-order valence-corrected chi connectivity index (χ3v) is 4.12. The van der Waals surface area contributed by atoms with Crippen molar-refractivity contribution in [2.45, 2.75) is 17.1 Å². The van der Waals surface area contributed by atoms with Crippen molar-refractivity contribution in [2.75, 3.05) is 7.11 Å². The molecule has 0 saturated heterocycles. The molecular weight excluding hydrogens is 216 g/mol. The third kappa shape index (κ3) is 2.36. The molecule has 0 N–H and O–H groups in total. The highest BCUT2D eigenvalue weighted by Gasteiger charge is 2.30. The van der Waals surface area contributed by atoms with Crippen molar-refractivity contribution in [2.24, 2.45) is 0 Å². The minimum atomic E-state index is -3.62. The zero-order valence-electron chi connectivity index (χ0n) is 8.51. The fraction of sp³-hybridized carbons (Fsp3) is 0.300. The van der Waals surface area contributed by atoms with Gasteiger partial charge in [-0.2, -0.15) is 0 Å². The minimum Gasteiger partial charge on any atom is -0.468 e. The van der Waals surface area contributed by atoms with E-state index in [1.807, 2.05) is 0 Å². The maximum absolute atomic E-state index is 11.8. The van der Waals surface area contributed by atoms with E-state index in [2.05, 4.69) is 4.74 Å². The summed E-state index contributed by atoms with van der Waals surface area (Å²) in [5.74, 6) is -0.751. The maximum atomic E-state index is 11.8. The van der Waals surface area contributed by atoms with Gasteiger partial charge in [-0.3, -0.25) is 4.79 Å². The molecule has 4 nitrogen and oxygen atoms in total. The van der Waals surface area contributed by atoms with E-state index in [4.69, 9.17) is 0 Å². The van der Waals surface area contributed by atoms with Gasteiger partial charge in [-0.05, 0) is 19.1 Å². The van der Waals surface area contributed by atoms with Gasteiger partial charge in [-0.1, -0.05) is 18.2 Å². The number of carbonyl (C=O) groups excluding carboxylic acids is 1. The number of ether oxygens (including phenoxy) is 1. The van der Waals surface area contributed by atoms with E-state index >= 15 is 0 Å². The smallest absolute Gasteiger partial charge is 0.324 e. The Hall–Kier alpha value is -1.36. The molecule has 1 rings (SSSR count). The summed E-state index contributed by atoms with van der Waals surface area (Å²) < 4.78 is 28.1. The Kier molecular flexibility index (Phi) is 3.47. The van der Waals surface area contributed by atoms with Crippen molar-refractivity contribution in [1.29, 1.82) is 0 Å². The van der Waals surface area contributed by atoms with Crippen molar-refractivity contribution < 1.29 is 17.9 Å². The van der Waals surface area contributed by atoms with Crippen LogP contribution < -0.4 is 0 Å². The van der Waals surface area contributed by atoms with Gasteiger partial charge in [0.15, 0.2) is 15.1 Å². The molecule has 1 atom stereocenters. The predicted molar refractivity (Wildman–Crippen MR) is 55.1 cm³/mol. The van der Waals surface area contributed by atoms with Crippen molar-refractivity contribution >= 4 is 15.8 Å². The zero-order chi connectivity index (χ0) is 11.5. The Labute approximate surface area is 88.8 Å². The Balaban J connectivity index is 3.09. The average molecular weight is 228 g/mol. The van der Waals surface area contributed by atoms with Gasteiger partial charge in [0.25, 0.3) is 0 Å². The summed E-state index contributed by atoms with van der Waals surface area (Å²) in [5, 5.41) is -1.18. The van der Waals surface area contributed by atoms with Crippen LogP contribution in [0.2, 0.25) is 0 Å². The van der Waals surface area contributed by atoms with Crippen LogP contribution in [0.3, 0.4) is 0 Å². The SMILES string of the molecule is COC(=O)C(C)S(=O)(=O)c1ccccc1. The predicted octanol–water partition coefficient (Wildman–Crippen LogP) is 1.02. The lowest BCUT2D eigenvalue weighted by molar-refractivity contribution is -0.139. The molecule has 0 aliphatic carbocycles. The number of sulfone groups is 1. The van der Waals surface area contributed by atoms with Gasteiger partial charge in [-0.25, -0.2) is 8.42 Å². The Morgan fingerprint density at radius 2 is 1.80 bits per heavy atom. The Morgan fingerprint density at radius 1 is 1.27 bits per heavy atom. The van der Waals surface area contributed by atoms with Crippen molar-refractivity contribution in [3.05, 3.63) is 30.3 Å². The van der Waals surface area contributed by atoms with E-state index in [9.17, 15) is 13.2 Å². The first-order valence-electron chi connectivity index (χ1n) is 4.37. The molecule has 15 heavy (non-hydrogen) atoms. The van der Waals surface area contributed by atoms with Crippen LogP contribution in [0.1, 0.15) is 6.92 Å². The first-order valence-corrected chi connectivity index (χ1v) is 5.91. The van der Waals surface area contributed by atoms with E-state index < -0.39 is 21.1 Å². The molecule has 0 saturated carbocycles. The average Bonchev–Trinajstić information content (AvgIpc) is 2.28. The van der Waals surface area contributed by atoms with Crippen molar-refractivity contribution in [3.8, 4) is 0 Å². The highest BCUT2D eigenvalue weighted by Crippen LogP contribution is 2.15. The van der Waals surface area contributed by atoms with Gasteiger partial charge in [0, 0.05) is 0 Å². The van der Waals surface area contributed by atoms with Gasteiger partial charge in [0.05, 0.1) is 12.0 Å². The molecule has 0 heterocycles. The van der Waals surface area contributed by atoms with E-state index in [1.54, 1.807) is 18.2 Å². The van der Waals surface area contributed by atoms with E-state index in [-0.39, 0.29) is 4.90 Å². The monoisotopic (exact) mass is 228 g/mol. The number of rotatable bonds is 3. The number of methoxy groups -OCH3 is 1. The summed E-state index contributed by atoms with van der Waals surface area (Å²) in [6.07, 6.45) is 0. The quantitative estimate of drug-likeness (QED) is 0.725. The Bertz CT molecular complexity index is 436. The van der Waals surface area contributed by atoms with Crippen LogP contribution in [-0.4, -0.2) is 26.7 Å². The second kappa shape index (κ2) is 4.44. The van der Waals surface area contributed by atoms with Crippen LogP contribution in [0.5, 0.6) is 0 Å². The topological polar surface area (TPSA) is 60.4 Å². The summed E-state index contributed by atoms with van der Waals surface area (Å²) in [5.41, 5.74) is 0. The third-order valence-electron chi connectivity index (χ3n) is 2.07. The fourth-order valence-corrected chi connectivity index (χ4v) is 2.40. The molecule has 5 heteroatoms. The van der Waals surface area contributed by atoms with Crippen LogP contribution in [0.15, 0.2) is 35.2 Å². The number of hydrogen-bond acceptors (Lipinski definition) is 4. The molecule has 1 aromatic rings. The molecule has 82 valence electrons.